The SMILES string of the molecule is C[C@H](OC1CCCC1)C(=O)Nc1ccc(CC(N)=O)cc1. The third-order valence-corrected chi connectivity index (χ3v) is 3.67. The number of benzene rings is 1. The van der Waals surface area contributed by atoms with Gasteiger partial charge < -0.3 is 15.8 Å². The topological polar surface area (TPSA) is 81.4 Å². The van der Waals surface area contributed by atoms with Crippen LogP contribution in [0.15, 0.2) is 24.3 Å². The lowest BCUT2D eigenvalue weighted by Crippen LogP contribution is -2.30. The Kier molecular flexibility index (Phi) is 5.33. The van der Waals surface area contributed by atoms with Crippen LogP contribution in [-0.4, -0.2) is 24.0 Å². The molecule has 1 aliphatic carbocycles. The maximum absolute atomic E-state index is 12.1. The first-order chi connectivity index (χ1) is 10.0. The van der Waals surface area contributed by atoms with E-state index in [0.717, 1.165) is 18.4 Å². The quantitative estimate of drug-likeness (QED) is 0.840. The smallest absolute Gasteiger partial charge is 0.253 e. The first-order valence-electron chi connectivity index (χ1n) is 7.38. The average Bonchev–Trinajstić information content (AvgIpc) is 2.93. The molecule has 1 aromatic carbocycles. The minimum absolute atomic E-state index is 0.149. The normalized spacial score (nSPS) is 16.6. The molecule has 5 nitrogen and oxygen atoms in total. The van der Waals surface area contributed by atoms with Crippen LogP contribution in [0, 0.1) is 0 Å². The van der Waals surface area contributed by atoms with Crippen molar-refractivity contribution in [3.63, 3.8) is 0 Å². The van der Waals surface area contributed by atoms with E-state index >= 15 is 0 Å². The Hall–Kier alpha value is -1.88. The molecule has 114 valence electrons. The first kappa shape index (κ1) is 15.5. The van der Waals surface area contributed by atoms with Crippen LogP contribution in [0.3, 0.4) is 0 Å². The number of anilines is 1. The van der Waals surface area contributed by atoms with Gasteiger partial charge in [-0.05, 0) is 37.5 Å². The van der Waals surface area contributed by atoms with Crippen molar-refractivity contribution >= 4 is 17.5 Å². The van der Waals surface area contributed by atoms with Gasteiger partial charge in [0.05, 0.1) is 12.5 Å². The van der Waals surface area contributed by atoms with Gasteiger partial charge in [-0.2, -0.15) is 0 Å². The molecule has 1 aromatic rings. The Balaban J connectivity index is 1.84. The molecule has 2 rings (SSSR count). The highest BCUT2D eigenvalue weighted by Crippen LogP contribution is 2.22. The molecule has 0 aliphatic heterocycles. The predicted molar refractivity (Wildman–Crippen MR) is 80.8 cm³/mol. The number of amides is 2. The average molecular weight is 290 g/mol. The second-order valence-corrected chi connectivity index (χ2v) is 5.51. The lowest BCUT2D eigenvalue weighted by atomic mass is 10.1. The van der Waals surface area contributed by atoms with E-state index in [4.69, 9.17) is 10.5 Å². The van der Waals surface area contributed by atoms with Crippen LogP contribution >= 0.6 is 0 Å². The fraction of sp³-hybridized carbons (Fsp3) is 0.500. The highest BCUT2D eigenvalue weighted by atomic mass is 16.5. The molecule has 0 heterocycles. The van der Waals surface area contributed by atoms with Gasteiger partial charge in [-0.1, -0.05) is 25.0 Å². The summed E-state index contributed by atoms with van der Waals surface area (Å²) in [5.41, 5.74) is 6.65. The van der Waals surface area contributed by atoms with Crippen molar-refractivity contribution < 1.29 is 14.3 Å². The molecule has 21 heavy (non-hydrogen) atoms. The Bertz CT molecular complexity index is 493. The van der Waals surface area contributed by atoms with Crippen LogP contribution in [0.1, 0.15) is 38.2 Å². The zero-order chi connectivity index (χ0) is 15.2. The van der Waals surface area contributed by atoms with Gasteiger partial charge >= 0.3 is 0 Å². The van der Waals surface area contributed by atoms with Crippen molar-refractivity contribution in [1.29, 1.82) is 0 Å². The van der Waals surface area contributed by atoms with E-state index in [1.54, 1.807) is 31.2 Å². The van der Waals surface area contributed by atoms with Crippen molar-refractivity contribution in [1.82, 2.24) is 0 Å². The van der Waals surface area contributed by atoms with Gasteiger partial charge in [0.15, 0.2) is 0 Å². The first-order valence-corrected chi connectivity index (χ1v) is 7.38. The Morgan fingerprint density at radius 2 is 1.90 bits per heavy atom. The fourth-order valence-electron chi connectivity index (χ4n) is 2.53. The van der Waals surface area contributed by atoms with E-state index in [9.17, 15) is 9.59 Å². The summed E-state index contributed by atoms with van der Waals surface area (Å²) < 4.78 is 5.75. The molecule has 2 amide bonds. The molecular formula is C16H22N2O3. The van der Waals surface area contributed by atoms with E-state index in [1.807, 2.05) is 0 Å². The summed E-state index contributed by atoms with van der Waals surface area (Å²) in [7, 11) is 0. The molecule has 0 bridgehead atoms. The largest absolute Gasteiger partial charge is 0.369 e. The number of hydrogen-bond acceptors (Lipinski definition) is 3. The fourth-order valence-corrected chi connectivity index (χ4v) is 2.53. The number of carbonyl (C=O) groups excluding carboxylic acids is 2. The zero-order valence-corrected chi connectivity index (χ0v) is 12.3. The number of primary amides is 1. The Morgan fingerprint density at radius 3 is 2.48 bits per heavy atom. The van der Waals surface area contributed by atoms with Crippen molar-refractivity contribution in [3.05, 3.63) is 29.8 Å². The summed E-state index contributed by atoms with van der Waals surface area (Å²) >= 11 is 0. The zero-order valence-electron chi connectivity index (χ0n) is 12.3. The Labute approximate surface area is 124 Å². The van der Waals surface area contributed by atoms with E-state index in [1.165, 1.54) is 12.8 Å². The van der Waals surface area contributed by atoms with Gasteiger partial charge in [0.25, 0.3) is 5.91 Å². The molecule has 0 unspecified atom stereocenters. The lowest BCUT2D eigenvalue weighted by Gasteiger charge is -2.18. The molecule has 3 N–H and O–H groups in total. The minimum atomic E-state index is -0.460. The summed E-state index contributed by atoms with van der Waals surface area (Å²) in [6.45, 7) is 1.77. The molecule has 1 fully saturated rings. The summed E-state index contributed by atoms with van der Waals surface area (Å²) in [5, 5.41) is 2.82. The van der Waals surface area contributed by atoms with Crippen molar-refractivity contribution in [2.75, 3.05) is 5.32 Å². The number of rotatable bonds is 6. The monoisotopic (exact) mass is 290 g/mol. The third kappa shape index (κ3) is 4.86. The molecule has 0 spiro atoms. The number of nitrogens with two attached hydrogens (primary N) is 1. The van der Waals surface area contributed by atoms with E-state index in [0.29, 0.717) is 5.69 Å². The summed E-state index contributed by atoms with van der Waals surface area (Å²) in [6.07, 6.45) is 4.40. The van der Waals surface area contributed by atoms with Crippen LogP contribution in [-0.2, 0) is 20.7 Å². The van der Waals surface area contributed by atoms with Crippen molar-refractivity contribution in [2.45, 2.75) is 51.2 Å². The van der Waals surface area contributed by atoms with Crippen LogP contribution in [0.5, 0.6) is 0 Å². The van der Waals surface area contributed by atoms with E-state index in [-0.39, 0.29) is 24.3 Å². The highest BCUT2D eigenvalue weighted by Gasteiger charge is 2.22. The number of ether oxygens (including phenoxy) is 1. The highest BCUT2D eigenvalue weighted by molar-refractivity contribution is 5.93. The van der Waals surface area contributed by atoms with Gasteiger partial charge in [0.2, 0.25) is 5.91 Å². The molecule has 1 atom stereocenters. The number of nitrogens with one attached hydrogen (secondary N) is 1. The maximum Gasteiger partial charge on any atom is 0.253 e. The predicted octanol–water partition coefficient (Wildman–Crippen LogP) is 2.00. The van der Waals surface area contributed by atoms with Crippen LogP contribution < -0.4 is 11.1 Å². The van der Waals surface area contributed by atoms with Gasteiger partial charge in [0.1, 0.15) is 6.10 Å². The molecule has 0 radical (unpaired) electrons. The van der Waals surface area contributed by atoms with E-state index < -0.39 is 6.10 Å². The molecule has 0 aromatic heterocycles. The third-order valence-electron chi connectivity index (χ3n) is 3.67. The molecule has 0 saturated heterocycles. The second kappa shape index (κ2) is 7.22. The Morgan fingerprint density at radius 1 is 1.29 bits per heavy atom. The van der Waals surface area contributed by atoms with Gasteiger partial charge in [-0.3, -0.25) is 9.59 Å². The minimum Gasteiger partial charge on any atom is -0.369 e. The lowest BCUT2D eigenvalue weighted by molar-refractivity contribution is -0.129. The number of hydrogen-bond donors (Lipinski definition) is 2. The van der Waals surface area contributed by atoms with Crippen LogP contribution in [0.25, 0.3) is 0 Å². The molecular weight excluding hydrogens is 268 g/mol. The summed E-state index contributed by atoms with van der Waals surface area (Å²) in [5.74, 6) is -0.519. The second-order valence-electron chi connectivity index (χ2n) is 5.51. The van der Waals surface area contributed by atoms with E-state index in [2.05, 4.69) is 5.32 Å². The van der Waals surface area contributed by atoms with Gasteiger partial charge in [-0.15, -0.1) is 0 Å². The molecule has 1 aliphatic rings. The molecule has 5 heteroatoms. The standard InChI is InChI=1S/C16H22N2O3/c1-11(21-14-4-2-3-5-14)16(20)18-13-8-6-12(7-9-13)10-15(17)19/h6-9,11,14H,2-5,10H2,1H3,(H2,17,19)(H,18,20)/t11-/m0/s1. The van der Waals surface area contributed by atoms with Crippen molar-refractivity contribution in [2.24, 2.45) is 5.73 Å². The summed E-state index contributed by atoms with van der Waals surface area (Å²) in [4.78, 5) is 22.9. The molecule has 1 saturated carbocycles. The van der Waals surface area contributed by atoms with Gasteiger partial charge in [0, 0.05) is 5.69 Å². The van der Waals surface area contributed by atoms with Crippen LogP contribution in [0.2, 0.25) is 0 Å². The van der Waals surface area contributed by atoms with Gasteiger partial charge in [-0.25, -0.2) is 0 Å². The maximum atomic E-state index is 12.1. The van der Waals surface area contributed by atoms with Crippen molar-refractivity contribution in [3.8, 4) is 0 Å². The number of carbonyl (C=O) groups is 2. The van der Waals surface area contributed by atoms with Crippen LogP contribution in [0.4, 0.5) is 5.69 Å². The summed E-state index contributed by atoms with van der Waals surface area (Å²) in [6, 6.07) is 7.09.